The summed E-state index contributed by atoms with van der Waals surface area (Å²) in [4.78, 5) is 0. The van der Waals surface area contributed by atoms with Crippen molar-refractivity contribution >= 4 is 44.6 Å². The van der Waals surface area contributed by atoms with Gasteiger partial charge in [0.2, 0.25) is 0 Å². The molecule has 0 saturated carbocycles. The third-order valence-corrected chi connectivity index (χ3v) is 11.4. The van der Waals surface area contributed by atoms with Gasteiger partial charge in [-0.1, -0.05) is 119 Å². The molecule has 3 rings (SSSR count). The lowest BCUT2D eigenvalue weighted by Gasteiger charge is -2.20. The van der Waals surface area contributed by atoms with Gasteiger partial charge in [0.05, 0.1) is 0 Å². The van der Waals surface area contributed by atoms with Crippen molar-refractivity contribution in [2.75, 3.05) is 40.3 Å². The molecule has 0 amide bonds. The molecule has 0 heterocycles. The van der Waals surface area contributed by atoms with Crippen molar-refractivity contribution in [2.45, 2.75) is 40.5 Å². The normalized spacial score (nSPS) is 11.6. The summed E-state index contributed by atoms with van der Waals surface area (Å²) in [5.41, 5.74) is 0. The summed E-state index contributed by atoms with van der Waals surface area (Å²) in [6, 6.07) is 32.4. The van der Waals surface area contributed by atoms with Crippen LogP contribution in [0.3, 0.4) is 0 Å². The predicted molar refractivity (Wildman–Crippen MR) is 173 cm³/mol. The van der Waals surface area contributed by atoms with Crippen LogP contribution < -0.4 is 15.6 Å². The maximum Gasteiger partial charge on any atom is 0.127 e. The van der Waals surface area contributed by atoms with Crippen LogP contribution in [0.1, 0.15) is 40.5 Å². The van der Waals surface area contributed by atoms with Gasteiger partial charge in [-0.25, -0.2) is 0 Å². The van der Waals surface area contributed by atoms with Gasteiger partial charge in [0.15, 0.2) is 0 Å². The molecule has 0 fully saturated rings. The Labute approximate surface area is 229 Å². The Hall–Kier alpha value is -1.81. The van der Waals surface area contributed by atoms with Crippen molar-refractivity contribution in [3.05, 3.63) is 91.0 Å². The second-order valence-electron chi connectivity index (χ2n) is 9.43. The van der Waals surface area contributed by atoms with Gasteiger partial charge in [-0.3, -0.25) is 0 Å². The number of hydrogen-bond donors (Lipinski definition) is 0. The first-order valence-corrected chi connectivity index (χ1v) is 17.7. The molecular formula is C30H51N3Si3. The lowest BCUT2D eigenvalue weighted by Crippen LogP contribution is -2.36. The summed E-state index contributed by atoms with van der Waals surface area (Å²) in [5, 5.41) is 4.61. The summed E-state index contributed by atoms with van der Waals surface area (Å²) in [7, 11) is 3.78. The van der Waals surface area contributed by atoms with Gasteiger partial charge in [-0.2, -0.15) is 0 Å². The first kappa shape index (κ1) is 32.2. The topological polar surface area (TPSA) is 9.72 Å². The fraction of sp³-hybridized carbons (Fsp3) is 0.400. The molecule has 0 N–H and O–H groups in total. The predicted octanol–water partition coefficient (Wildman–Crippen LogP) is 2.21. The Morgan fingerprint density at radius 2 is 0.806 bits per heavy atom. The fourth-order valence-corrected chi connectivity index (χ4v) is 8.59. The summed E-state index contributed by atoms with van der Waals surface area (Å²) >= 11 is 0. The van der Waals surface area contributed by atoms with Gasteiger partial charge < -0.3 is 13.7 Å². The van der Waals surface area contributed by atoms with Crippen molar-refractivity contribution in [1.29, 1.82) is 0 Å². The Morgan fingerprint density at radius 1 is 0.472 bits per heavy atom. The molecule has 198 valence electrons. The molecule has 3 nitrogen and oxygen atoms in total. The van der Waals surface area contributed by atoms with Gasteiger partial charge >= 0.3 is 0 Å². The Morgan fingerprint density at radius 3 is 1.11 bits per heavy atom. The maximum absolute atomic E-state index is 2.66. The molecule has 0 aromatic heterocycles. The lowest BCUT2D eigenvalue weighted by molar-refractivity contribution is 0.445. The van der Waals surface area contributed by atoms with E-state index < -0.39 is 0 Å². The molecule has 3 aromatic carbocycles. The zero-order valence-corrected chi connectivity index (χ0v) is 28.1. The standard InChI is InChI=1S/C12H21NSi.C10H17NSi.C8H13NSi/c1-3-10-13(11-4-2)14-12-8-6-5-7-9-12;1-3-11(4-2)12-10-8-6-5-7-9-10;1-9(2)10-8-6-4-3-5-7-8/h5-9H,3-4,10-11,14H2,1-2H3;5-9H,3-4,12H2,1-2H3;3-7H,10H2,1-2H3. The van der Waals surface area contributed by atoms with Gasteiger partial charge in [0.25, 0.3) is 0 Å². The molecule has 0 aliphatic heterocycles. The van der Waals surface area contributed by atoms with Crippen LogP contribution in [0.15, 0.2) is 91.0 Å². The van der Waals surface area contributed by atoms with E-state index in [9.17, 15) is 0 Å². The zero-order valence-electron chi connectivity index (χ0n) is 23.9. The second kappa shape index (κ2) is 21.3. The van der Waals surface area contributed by atoms with Crippen molar-refractivity contribution in [2.24, 2.45) is 0 Å². The molecule has 0 radical (unpaired) electrons. The van der Waals surface area contributed by atoms with Crippen molar-refractivity contribution in [3.63, 3.8) is 0 Å². The van der Waals surface area contributed by atoms with Crippen molar-refractivity contribution < 1.29 is 0 Å². The van der Waals surface area contributed by atoms with Crippen molar-refractivity contribution in [1.82, 2.24) is 13.7 Å². The van der Waals surface area contributed by atoms with Gasteiger partial charge in [0.1, 0.15) is 29.0 Å². The van der Waals surface area contributed by atoms with Gasteiger partial charge in [0, 0.05) is 0 Å². The Kier molecular flexibility index (Phi) is 19.1. The third kappa shape index (κ3) is 16.0. The van der Waals surface area contributed by atoms with E-state index in [0.717, 1.165) is 0 Å². The van der Waals surface area contributed by atoms with E-state index in [4.69, 9.17) is 0 Å². The van der Waals surface area contributed by atoms with Crippen LogP contribution in [0, 0.1) is 0 Å². The van der Waals surface area contributed by atoms with Gasteiger partial charge in [-0.05, 0) is 68.7 Å². The van der Waals surface area contributed by atoms with E-state index in [0.29, 0.717) is 0 Å². The molecule has 0 bridgehead atoms. The minimum atomic E-state index is -0.186. The summed E-state index contributed by atoms with van der Waals surface area (Å²) in [6.45, 7) is 13.9. The summed E-state index contributed by atoms with van der Waals surface area (Å²) in [6.07, 6.45) is 2.56. The molecule has 0 spiro atoms. The van der Waals surface area contributed by atoms with E-state index >= 15 is 0 Å². The second-order valence-corrected chi connectivity index (χ2v) is 15.9. The summed E-state index contributed by atoms with van der Waals surface area (Å²) < 4.78 is 7.51. The number of benzene rings is 3. The van der Waals surface area contributed by atoms with Crippen LogP contribution in [-0.4, -0.2) is 83.0 Å². The Balaban J connectivity index is 0.000000274. The molecule has 3 aromatic rings. The smallest absolute Gasteiger partial charge is 0.127 e. The first-order chi connectivity index (χ1) is 17.5. The van der Waals surface area contributed by atoms with E-state index in [2.05, 4.69) is 146 Å². The van der Waals surface area contributed by atoms with E-state index in [-0.39, 0.29) is 29.0 Å². The molecule has 36 heavy (non-hydrogen) atoms. The number of nitrogens with zero attached hydrogens (tertiary/aromatic N) is 3. The molecule has 0 atom stereocenters. The molecular weight excluding hydrogens is 487 g/mol. The van der Waals surface area contributed by atoms with E-state index in [1.807, 2.05) is 0 Å². The maximum atomic E-state index is 2.66. The minimum Gasteiger partial charge on any atom is -0.330 e. The largest absolute Gasteiger partial charge is 0.330 e. The van der Waals surface area contributed by atoms with Crippen LogP contribution >= 0.6 is 0 Å². The molecule has 0 saturated heterocycles. The molecule has 0 aliphatic rings. The number of hydrogen-bond acceptors (Lipinski definition) is 3. The minimum absolute atomic E-state index is 0.143. The van der Waals surface area contributed by atoms with Crippen molar-refractivity contribution in [3.8, 4) is 0 Å². The van der Waals surface area contributed by atoms with Gasteiger partial charge in [-0.15, -0.1) is 0 Å². The van der Waals surface area contributed by atoms with E-state index in [1.165, 1.54) is 44.2 Å². The fourth-order valence-electron chi connectivity index (χ4n) is 3.98. The van der Waals surface area contributed by atoms with Crippen LogP contribution in [0.5, 0.6) is 0 Å². The Bertz CT molecular complexity index is 854. The highest BCUT2D eigenvalue weighted by Crippen LogP contribution is 1.93. The average molecular weight is 538 g/mol. The third-order valence-electron chi connectivity index (χ3n) is 5.81. The van der Waals surface area contributed by atoms with Crippen LogP contribution in [0.4, 0.5) is 0 Å². The lowest BCUT2D eigenvalue weighted by atomic mass is 10.4. The highest BCUT2D eigenvalue weighted by Gasteiger charge is 2.03. The first-order valence-electron chi connectivity index (χ1n) is 13.7. The van der Waals surface area contributed by atoms with Crippen LogP contribution in [-0.2, 0) is 0 Å². The summed E-state index contributed by atoms with van der Waals surface area (Å²) in [5.74, 6) is 0. The number of rotatable bonds is 12. The molecule has 0 aliphatic carbocycles. The monoisotopic (exact) mass is 537 g/mol. The highest BCUT2D eigenvalue weighted by molar-refractivity contribution is 6.51. The highest BCUT2D eigenvalue weighted by atomic mass is 28.2. The molecule has 0 unspecified atom stereocenters. The molecule has 6 heteroatoms. The zero-order chi connectivity index (χ0) is 26.4. The van der Waals surface area contributed by atoms with E-state index in [1.54, 1.807) is 10.4 Å². The quantitative estimate of drug-likeness (QED) is 0.328. The SMILES string of the molecule is CCCN(CCC)[SiH2]c1ccccc1.CCN(CC)[SiH2]c1ccccc1.CN(C)[SiH2]c1ccccc1. The average Bonchev–Trinajstić information content (AvgIpc) is 2.90. The van der Waals surface area contributed by atoms with Crippen LogP contribution in [0.25, 0.3) is 0 Å². The van der Waals surface area contributed by atoms with Crippen LogP contribution in [0.2, 0.25) is 0 Å².